The summed E-state index contributed by atoms with van der Waals surface area (Å²) in [5, 5.41) is 19.0. The van der Waals surface area contributed by atoms with Crippen LogP contribution in [-0.2, 0) is 26.1 Å². The topological polar surface area (TPSA) is 112 Å². The van der Waals surface area contributed by atoms with Crippen molar-refractivity contribution in [2.75, 3.05) is 0 Å². The number of ether oxygens (including phenoxy) is 1. The first-order valence-corrected chi connectivity index (χ1v) is 10.0. The first-order chi connectivity index (χ1) is 15.0. The molecule has 4 rings (SSSR count). The van der Waals surface area contributed by atoms with E-state index in [0.29, 0.717) is 42.2 Å². The van der Waals surface area contributed by atoms with E-state index in [4.69, 9.17) is 9.15 Å². The number of benzene rings is 1. The van der Waals surface area contributed by atoms with E-state index in [1.807, 2.05) is 23.8 Å². The summed E-state index contributed by atoms with van der Waals surface area (Å²) in [5.74, 6) is 0.389. The molecular weight excluding hydrogens is 400 g/mol. The number of aromatic hydroxyl groups is 1. The average molecular weight is 422 g/mol. The maximum absolute atomic E-state index is 11.6. The fraction of sp³-hybridized carbons (Fsp3) is 0.273. The maximum Gasteiger partial charge on any atom is 0.336 e. The molecule has 1 aromatic carbocycles. The van der Waals surface area contributed by atoms with Crippen LogP contribution in [0.1, 0.15) is 24.7 Å². The van der Waals surface area contributed by atoms with E-state index in [9.17, 15) is 14.7 Å². The number of hydrogen-bond acceptors (Lipinski definition) is 7. The van der Waals surface area contributed by atoms with Crippen molar-refractivity contribution in [3.63, 3.8) is 0 Å². The normalized spacial score (nSPS) is 11.1. The third kappa shape index (κ3) is 4.66. The third-order valence-electron chi connectivity index (χ3n) is 4.95. The number of aromatic nitrogens is 4. The lowest BCUT2D eigenvalue weighted by Gasteiger charge is -2.13. The van der Waals surface area contributed by atoms with Gasteiger partial charge in [0.2, 0.25) is 5.43 Å². The van der Waals surface area contributed by atoms with Crippen molar-refractivity contribution in [2.24, 2.45) is 0 Å². The number of rotatable bonds is 8. The molecule has 0 radical (unpaired) electrons. The summed E-state index contributed by atoms with van der Waals surface area (Å²) in [7, 11) is 0. The van der Waals surface area contributed by atoms with Crippen molar-refractivity contribution in [1.29, 1.82) is 0 Å². The summed E-state index contributed by atoms with van der Waals surface area (Å²) in [6, 6.07) is 9.75. The molecule has 1 N–H and O–H groups in total. The van der Waals surface area contributed by atoms with Gasteiger partial charge in [0.25, 0.3) is 0 Å². The van der Waals surface area contributed by atoms with Crippen LogP contribution in [0, 0.1) is 0 Å². The lowest BCUT2D eigenvalue weighted by molar-refractivity contribution is 0.301. The van der Waals surface area contributed by atoms with Crippen LogP contribution in [0.5, 0.6) is 11.5 Å². The van der Waals surface area contributed by atoms with Gasteiger partial charge in [-0.3, -0.25) is 9.48 Å². The van der Waals surface area contributed by atoms with Gasteiger partial charge in [0.05, 0.1) is 11.9 Å². The Labute approximate surface area is 177 Å². The minimum atomic E-state index is -0.406. The molecule has 0 aliphatic carbocycles. The van der Waals surface area contributed by atoms with Crippen molar-refractivity contribution in [3.8, 4) is 11.5 Å². The third-order valence-corrected chi connectivity index (χ3v) is 4.95. The SMILES string of the molecule is CCc1c(O)c(=O)ccn1CCCn1cc(COc2ccc3ccc(=O)oc3c2)nn1. The summed E-state index contributed by atoms with van der Waals surface area (Å²) in [6.07, 6.45) is 4.84. The van der Waals surface area contributed by atoms with Gasteiger partial charge < -0.3 is 18.8 Å². The van der Waals surface area contributed by atoms with E-state index >= 15 is 0 Å². The van der Waals surface area contributed by atoms with E-state index < -0.39 is 5.63 Å². The van der Waals surface area contributed by atoms with Crippen LogP contribution in [0.4, 0.5) is 0 Å². The lowest BCUT2D eigenvalue weighted by atomic mass is 10.2. The van der Waals surface area contributed by atoms with Gasteiger partial charge in [-0.1, -0.05) is 12.1 Å². The highest BCUT2D eigenvalue weighted by molar-refractivity contribution is 5.77. The van der Waals surface area contributed by atoms with Gasteiger partial charge in [-0.2, -0.15) is 0 Å². The predicted molar refractivity (Wildman–Crippen MR) is 113 cm³/mol. The van der Waals surface area contributed by atoms with Gasteiger partial charge in [0.1, 0.15) is 23.6 Å². The van der Waals surface area contributed by atoms with E-state index in [-0.39, 0.29) is 17.8 Å². The van der Waals surface area contributed by atoms with Gasteiger partial charge >= 0.3 is 5.63 Å². The van der Waals surface area contributed by atoms with E-state index in [1.165, 1.54) is 12.1 Å². The largest absolute Gasteiger partial charge is 0.503 e. The van der Waals surface area contributed by atoms with Gasteiger partial charge in [0, 0.05) is 42.9 Å². The van der Waals surface area contributed by atoms with Crippen LogP contribution in [0.2, 0.25) is 0 Å². The second-order valence-corrected chi connectivity index (χ2v) is 7.09. The molecule has 0 atom stereocenters. The Morgan fingerprint density at radius 2 is 1.97 bits per heavy atom. The zero-order valence-corrected chi connectivity index (χ0v) is 17.0. The minimum absolute atomic E-state index is 0.182. The second kappa shape index (κ2) is 8.86. The molecule has 0 amide bonds. The van der Waals surface area contributed by atoms with Crippen molar-refractivity contribution >= 4 is 11.0 Å². The molecule has 9 nitrogen and oxygen atoms in total. The molecule has 0 bridgehead atoms. The van der Waals surface area contributed by atoms with Gasteiger partial charge in [-0.15, -0.1) is 5.10 Å². The fourth-order valence-electron chi connectivity index (χ4n) is 3.39. The Hall–Kier alpha value is -3.88. The Bertz CT molecular complexity index is 1320. The van der Waals surface area contributed by atoms with Gasteiger partial charge in [-0.05, 0) is 31.0 Å². The quantitative estimate of drug-likeness (QED) is 0.434. The Morgan fingerprint density at radius 1 is 1.13 bits per heavy atom. The van der Waals surface area contributed by atoms with E-state index in [2.05, 4.69) is 10.3 Å². The Kier molecular flexibility index (Phi) is 5.83. The molecule has 0 spiro atoms. The standard InChI is InChI=1S/C22H22N4O5/c1-2-18-22(29)19(27)8-11-25(18)9-3-10-26-13-16(23-24-26)14-30-17-6-4-15-5-7-21(28)31-20(15)12-17/h4-8,11-13,29H,2-3,9-10,14H2,1H3. The van der Waals surface area contributed by atoms with Gasteiger partial charge in [0.15, 0.2) is 5.75 Å². The molecule has 0 unspecified atom stereocenters. The highest BCUT2D eigenvalue weighted by atomic mass is 16.5. The summed E-state index contributed by atoms with van der Waals surface area (Å²) < 4.78 is 14.5. The number of aryl methyl sites for hydroxylation is 2. The van der Waals surface area contributed by atoms with Crippen LogP contribution in [0.15, 0.2) is 62.8 Å². The molecule has 4 aromatic rings. The summed E-state index contributed by atoms with van der Waals surface area (Å²) in [5.41, 5.74) is 1.00. The lowest BCUT2D eigenvalue weighted by Crippen LogP contribution is -2.13. The summed E-state index contributed by atoms with van der Waals surface area (Å²) in [4.78, 5) is 22.9. The van der Waals surface area contributed by atoms with Gasteiger partial charge in [-0.25, -0.2) is 4.79 Å². The second-order valence-electron chi connectivity index (χ2n) is 7.09. The molecule has 0 saturated heterocycles. The average Bonchev–Trinajstić information content (AvgIpc) is 3.22. The van der Waals surface area contributed by atoms with Crippen LogP contribution < -0.4 is 15.8 Å². The predicted octanol–water partition coefficient (Wildman–Crippen LogP) is 2.48. The molecule has 9 heteroatoms. The zero-order valence-electron chi connectivity index (χ0n) is 17.0. The van der Waals surface area contributed by atoms with Crippen LogP contribution in [0.25, 0.3) is 11.0 Å². The monoisotopic (exact) mass is 422 g/mol. The molecule has 0 saturated carbocycles. The van der Waals surface area contributed by atoms with Crippen LogP contribution in [0.3, 0.4) is 0 Å². The van der Waals surface area contributed by atoms with Crippen molar-refractivity contribution < 1.29 is 14.3 Å². The number of nitrogens with zero attached hydrogens (tertiary/aromatic N) is 4. The molecule has 0 aliphatic heterocycles. The Morgan fingerprint density at radius 3 is 2.81 bits per heavy atom. The summed E-state index contributed by atoms with van der Waals surface area (Å²) in [6.45, 7) is 3.41. The molecule has 3 heterocycles. The fourth-order valence-corrected chi connectivity index (χ4v) is 3.39. The van der Waals surface area contributed by atoms with Crippen molar-refractivity contribution in [2.45, 2.75) is 39.5 Å². The number of pyridine rings is 1. The number of fused-ring (bicyclic) bond motifs is 1. The zero-order chi connectivity index (χ0) is 21.8. The highest BCUT2D eigenvalue weighted by Gasteiger charge is 2.08. The minimum Gasteiger partial charge on any atom is -0.503 e. The molecule has 31 heavy (non-hydrogen) atoms. The molecule has 0 aliphatic rings. The van der Waals surface area contributed by atoms with Crippen LogP contribution >= 0.6 is 0 Å². The molecule has 3 aromatic heterocycles. The first kappa shape index (κ1) is 20.4. The Balaban J connectivity index is 1.33. The van der Waals surface area contributed by atoms with E-state index in [0.717, 1.165) is 11.8 Å². The molecule has 160 valence electrons. The molecular formula is C22H22N4O5. The van der Waals surface area contributed by atoms with E-state index in [1.54, 1.807) is 29.1 Å². The van der Waals surface area contributed by atoms with Crippen LogP contribution in [-0.4, -0.2) is 24.7 Å². The smallest absolute Gasteiger partial charge is 0.336 e. The highest BCUT2D eigenvalue weighted by Crippen LogP contribution is 2.20. The van der Waals surface area contributed by atoms with Crippen molar-refractivity contribution in [3.05, 3.63) is 80.8 Å². The summed E-state index contributed by atoms with van der Waals surface area (Å²) >= 11 is 0. The van der Waals surface area contributed by atoms with Crippen molar-refractivity contribution in [1.82, 2.24) is 19.6 Å². The first-order valence-electron chi connectivity index (χ1n) is 10.0. The number of hydrogen-bond donors (Lipinski definition) is 1. The maximum atomic E-state index is 11.6. The molecule has 0 fully saturated rings.